The predicted molar refractivity (Wildman–Crippen MR) is 145 cm³/mol. The van der Waals surface area contributed by atoms with E-state index in [1.165, 1.54) is 41.5 Å². The normalized spacial score (nSPS) is 11.7. The van der Waals surface area contributed by atoms with E-state index in [4.69, 9.17) is 14.6 Å². The maximum Gasteiger partial charge on any atom is 0.490 e. The number of nitrogens with zero attached hydrogens (tertiary/aromatic N) is 2. The number of carbonyl (C=O) groups is 1. The fraction of sp³-hybridized carbons (Fsp3) is 0.360. The molecule has 0 amide bonds. The summed E-state index contributed by atoms with van der Waals surface area (Å²) in [4.78, 5) is 14.3. The Kier molecular flexibility index (Phi) is 11.4. The first kappa shape index (κ1) is 33.7. The number of nitrogens with one attached hydrogen (secondary N) is 2. The van der Waals surface area contributed by atoms with Gasteiger partial charge in [-0.3, -0.25) is 9.62 Å². The van der Waals surface area contributed by atoms with Crippen LogP contribution in [0.15, 0.2) is 40.1 Å². The van der Waals surface area contributed by atoms with Crippen LogP contribution >= 0.6 is 11.3 Å². The number of benzene rings is 2. The van der Waals surface area contributed by atoms with E-state index >= 15 is 0 Å². The number of alkyl halides is 3. The second-order valence-corrected chi connectivity index (χ2v) is 11.3. The molecule has 3 rings (SSSR count). The fourth-order valence-corrected chi connectivity index (χ4v) is 5.02. The van der Waals surface area contributed by atoms with Gasteiger partial charge in [-0.05, 0) is 57.6 Å². The van der Waals surface area contributed by atoms with Crippen molar-refractivity contribution in [2.24, 2.45) is 0 Å². The van der Waals surface area contributed by atoms with Crippen molar-refractivity contribution < 1.29 is 45.0 Å². The Bertz CT molecular complexity index is 1450. The highest BCUT2D eigenvalue weighted by Gasteiger charge is 2.38. The van der Waals surface area contributed by atoms with Gasteiger partial charge in [0.2, 0.25) is 0 Å². The molecule has 0 aliphatic carbocycles. The number of aromatic nitrogens is 1. The molecule has 0 fully saturated rings. The third-order valence-electron chi connectivity index (χ3n) is 5.78. The quantitative estimate of drug-likeness (QED) is 0.249. The van der Waals surface area contributed by atoms with Gasteiger partial charge in [-0.2, -0.15) is 13.2 Å². The van der Waals surface area contributed by atoms with Crippen molar-refractivity contribution in [1.82, 2.24) is 9.88 Å². The lowest BCUT2D eigenvalue weighted by molar-refractivity contribution is -0.192. The number of rotatable bonds is 10. The molecule has 2 aromatic carbocycles. The summed E-state index contributed by atoms with van der Waals surface area (Å²) in [5.41, 5.74) is 3.40. The number of anilines is 2. The maximum absolute atomic E-state index is 14.8. The summed E-state index contributed by atoms with van der Waals surface area (Å²) >= 11 is 1.22. The van der Waals surface area contributed by atoms with Gasteiger partial charge in [-0.15, -0.1) is 11.3 Å². The first-order valence-corrected chi connectivity index (χ1v) is 14.2. The van der Waals surface area contributed by atoms with Gasteiger partial charge in [-0.1, -0.05) is 0 Å². The average molecular weight is 625 g/mol. The number of sulfonamides is 1. The predicted octanol–water partition coefficient (Wildman–Crippen LogP) is 5.62. The molecule has 0 atom stereocenters. The van der Waals surface area contributed by atoms with Crippen LogP contribution in [0.3, 0.4) is 0 Å². The van der Waals surface area contributed by atoms with E-state index in [0.29, 0.717) is 34.7 Å². The fourth-order valence-electron chi connectivity index (χ4n) is 3.32. The van der Waals surface area contributed by atoms with Crippen LogP contribution in [0.25, 0.3) is 0 Å². The van der Waals surface area contributed by atoms with Gasteiger partial charge in [0.15, 0.2) is 5.82 Å². The van der Waals surface area contributed by atoms with Gasteiger partial charge in [0, 0.05) is 41.3 Å². The third kappa shape index (κ3) is 9.26. The number of hydrogen-bond acceptors (Lipinski definition) is 8. The molecule has 0 spiro atoms. The highest BCUT2D eigenvalue weighted by Crippen LogP contribution is 2.30. The van der Waals surface area contributed by atoms with E-state index in [1.807, 2.05) is 20.9 Å². The molecule has 1 aromatic heterocycles. The number of thiazole rings is 1. The van der Waals surface area contributed by atoms with Crippen molar-refractivity contribution >= 4 is 38.8 Å². The van der Waals surface area contributed by atoms with Crippen molar-refractivity contribution in [1.29, 1.82) is 0 Å². The molecular formula is C25H29F5N4O5S2. The lowest BCUT2D eigenvalue weighted by Gasteiger charge is -2.24. The van der Waals surface area contributed by atoms with Crippen LogP contribution in [-0.4, -0.2) is 55.8 Å². The highest BCUT2D eigenvalue weighted by molar-refractivity contribution is 7.92. The largest absolute Gasteiger partial charge is 0.496 e. The Morgan fingerprint density at radius 3 is 2.32 bits per heavy atom. The number of carboxylic acids is 1. The third-order valence-corrected chi connectivity index (χ3v) is 7.73. The van der Waals surface area contributed by atoms with Crippen molar-refractivity contribution in [3.05, 3.63) is 63.5 Å². The standard InChI is InChI=1S/C23H28F2N4O3S2.C2HF3O2/c1-14(2)29(4)11-17-16(18(24)6-7-21(17)32-5)10-26-20-9-19(25)22(8-15(20)3)34(30,31)28-23-12-33-13-27-23;3-2(4,5)1(6)7/h6-9,12-14,26,28H,10-11H2,1-5H3;(H,6,7). The summed E-state index contributed by atoms with van der Waals surface area (Å²) in [5.74, 6) is -3.42. The van der Waals surface area contributed by atoms with Gasteiger partial charge < -0.3 is 15.2 Å². The summed E-state index contributed by atoms with van der Waals surface area (Å²) in [6.45, 7) is 6.25. The number of methoxy groups -OCH3 is 1. The SMILES string of the molecule is COc1ccc(F)c(CNc2cc(F)c(S(=O)(=O)Nc3cscn3)cc2C)c1CN(C)C(C)C.O=C(O)C(F)(F)F. The molecule has 3 aromatic rings. The number of halogens is 5. The van der Waals surface area contributed by atoms with E-state index in [9.17, 15) is 30.4 Å². The number of ether oxygens (including phenoxy) is 1. The zero-order valence-corrected chi connectivity index (χ0v) is 24.3. The Morgan fingerprint density at radius 2 is 1.80 bits per heavy atom. The monoisotopic (exact) mass is 624 g/mol. The Hall–Kier alpha value is -3.50. The number of carboxylic acid groups (broad SMARTS) is 1. The highest BCUT2D eigenvalue weighted by atomic mass is 32.2. The summed E-state index contributed by atoms with van der Waals surface area (Å²) in [7, 11) is -0.691. The van der Waals surface area contributed by atoms with Gasteiger partial charge in [-0.25, -0.2) is 27.0 Å². The average Bonchev–Trinajstić information content (AvgIpc) is 3.37. The molecule has 41 heavy (non-hydrogen) atoms. The van der Waals surface area contributed by atoms with Gasteiger partial charge in [0.1, 0.15) is 22.3 Å². The van der Waals surface area contributed by atoms with Gasteiger partial charge in [0.25, 0.3) is 10.0 Å². The Morgan fingerprint density at radius 1 is 1.17 bits per heavy atom. The zero-order valence-electron chi connectivity index (χ0n) is 22.6. The Labute approximate surface area is 238 Å². The van der Waals surface area contributed by atoms with E-state index in [0.717, 1.165) is 6.07 Å². The van der Waals surface area contributed by atoms with Gasteiger partial charge in [0.05, 0.1) is 12.6 Å². The van der Waals surface area contributed by atoms with E-state index in [1.54, 1.807) is 13.0 Å². The molecule has 1 heterocycles. The van der Waals surface area contributed by atoms with Crippen LogP contribution in [0.5, 0.6) is 5.75 Å². The van der Waals surface area contributed by atoms with E-state index in [2.05, 4.69) is 19.9 Å². The smallest absolute Gasteiger partial charge is 0.490 e. The first-order chi connectivity index (χ1) is 19.0. The first-order valence-electron chi connectivity index (χ1n) is 11.8. The molecule has 0 saturated heterocycles. The van der Waals surface area contributed by atoms with Crippen LogP contribution in [-0.2, 0) is 27.9 Å². The van der Waals surface area contributed by atoms with E-state index in [-0.39, 0.29) is 18.4 Å². The summed E-state index contributed by atoms with van der Waals surface area (Å²) in [6.07, 6.45) is -5.08. The Balaban J connectivity index is 0.000000745. The molecule has 16 heteroatoms. The molecule has 3 N–H and O–H groups in total. The molecule has 0 aliphatic rings. The van der Waals surface area contributed by atoms with Crippen LogP contribution in [0.2, 0.25) is 0 Å². The van der Waals surface area contributed by atoms with Crippen molar-refractivity contribution in [3.8, 4) is 5.75 Å². The van der Waals surface area contributed by atoms with Crippen molar-refractivity contribution in [2.45, 2.75) is 51.0 Å². The number of aliphatic carboxylic acids is 1. The number of hydrogen-bond donors (Lipinski definition) is 3. The minimum atomic E-state index is -5.08. The second-order valence-electron chi connectivity index (χ2n) is 8.95. The minimum Gasteiger partial charge on any atom is -0.496 e. The van der Waals surface area contributed by atoms with Gasteiger partial charge >= 0.3 is 12.1 Å². The molecule has 0 unspecified atom stereocenters. The molecular weight excluding hydrogens is 595 g/mol. The second kappa shape index (κ2) is 13.9. The molecule has 0 saturated carbocycles. The van der Waals surface area contributed by atoms with Crippen molar-refractivity contribution in [3.63, 3.8) is 0 Å². The molecule has 0 aliphatic heterocycles. The van der Waals surface area contributed by atoms with Crippen LogP contribution in [0.4, 0.5) is 33.5 Å². The number of aryl methyl sites for hydroxylation is 1. The maximum atomic E-state index is 14.8. The van der Waals surface area contributed by atoms with Crippen molar-refractivity contribution in [2.75, 3.05) is 24.2 Å². The summed E-state index contributed by atoms with van der Waals surface area (Å²) < 4.78 is 94.3. The molecule has 226 valence electrons. The minimum absolute atomic E-state index is 0.0632. The lowest BCUT2D eigenvalue weighted by atomic mass is 10.0. The molecule has 9 nitrogen and oxygen atoms in total. The topological polar surface area (TPSA) is 121 Å². The zero-order chi connectivity index (χ0) is 31.1. The summed E-state index contributed by atoms with van der Waals surface area (Å²) in [5, 5.41) is 11.7. The van der Waals surface area contributed by atoms with Crippen LogP contribution in [0, 0.1) is 18.6 Å². The molecule has 0 radical (unpaired) electrons. The lowest BCUT2D eigenvalue weighted by Crippen LogP contribution is -2.27. The van der Waals surface area contributed by atoms with Crippen LogP contribution in [0.1, 0.15) is 30.5 Å². The van der Waals surface area contributed by atoms with E-state index < -0.39 is 38.7 Å². The summed E-state index contributed by atoms with van der Waals surface area (Å²) in [6, 6.07) is 5.49. The molecule has 0 bridgehead atoms. The van der Waals surface area contributed by atoms with Crippen LogP contribution < -0.4 is 14.8 Å².